The summed E-state index contributed by atoms with van der Waals surface area (Å²) in [7, 11) is 0. The van der Waals surface area contributed by atoms with Crippen molar-refractivity contribution in [2.75, 3.05) is 0 Å². The fraction of sp³-hybridized carbons (Fsp3) is 0.524. The Balaban J connectivity index is 2.93. The van der Waals surface area contributed by atoms with Crippen molar-refractivity contribution in [2.45, 2.75) is 72.5 Å². The zero-order valence-corrected chi connectivity index (χ0v) is 15.8. The van der Waals surface area contributed by atoms with Crippen molar-refractivity contribution >= 4 is 18.0 Å². The molecule has 0 saturated carbocycles. The van der Waals surface area contributed by atoms with E-state index in [2.05, 4.69) is 31.2 Å². The molecule has 1 aromatic rings. The van der Waals surface area contributed by atoms with Crippen LogP contribution in [0.3, 0.4) is 0 Å². The Morgan fingerprint density at radius 1 is 0.960 bits per heavy atom. The van der Waals surface area contributed by atoms with Gasteiger partial charge in [-0.15, -0.1) is 0 Å². The van der Waals surface area contributed by atoms with E-state index < -0.39 is 18.2 Å². The Kier molecular flexibility index (Phi) is 9.60. The van der Waals surface area contributed by atoms with E-state index in [-0.39, 0.29) is 0 Å². The average Bonchev–Trinajstić information content (AvgIpc) is 2.55. The summed E-state index contributed by atoms with van der Waals surface area (Å²) < 4.78 is 10.4. The highest BCUT2D eigenvalue weighted by Gasteiger charge is 2.20. The first-order valence-corrected chi connectivity index (χ1v) is 9.10. The molecule has 0 bridgehead atoms. The molecule has 0 heterocycles. The molecule has 0 spiro atoms. The average molecular weight is 346 g/mol. The summed E-state index contributed by atoms with van der Waals surface area (Å²) in [6.45, 7) is 6.85. The number of hydrogen-bond acceptors (Lipinski definition) is 4. The van der Waals surface area contributed by atoms with Crippen LogP contribution in [-0.2, 0) is 25.5 Å². The summed E-state index contributed by atoms with van der Waals surface area (Å²) in [5, 5.41) is 0. The first kappa shape index (κ1) is 20.9. The number of aryl methyl sites for hydroxylation is 1. The molecule has 4 heteroatoms. The molecule has 138 valence electrons. The largest absolute Gasteiger partial charge is 0.421 e. The van der Waals surface area contributed by atoms with Crippen molar-refractivity contribution in [1.29, 1.82) is 0 Å². The molecule has 0 fully saturated rings. The van der Waals surface area contributed by atoms with Crippen LogP contribution in [0.1, 0.15) is 70.9 Å². The Morgan fingerprint density at radius 3 is 2.04 bits per heavy atom. The van der Waals surface area contributed by atoms with Gasteiger partial charge in [0.05, 0.1) is 0 Å². The van der Waals surface area contributed by atoms with Gasteiger partial charge >= 0.3 is 11.9 Å². The number of ether oxygens (including phenoxy) is 2. The van der Waals surface area contributed by atoms with Crippen LogP contribution < -0.4 is 0 Å². The van der Waals surface area contributed by atoms with Crippen LogP contribution in [0, 0.1) is 0 Å². The summed E-state index contributed by atoms with van der Waals surface area (Å²) in [5.41, 5.74) is 3.11. The minimum absolute atomic E-state index is 0.473. The van der Waals surface area contributed by atoms with Crippen molar-refractivity contribution < 1.29 is 19.1 Å². The van der Waals surface area contributed by atoms with Gasteiger partial charge in [-0.2, -0.15) is 0 Å². The lowest BCUT2D eigenvalue weighted by atomic mass is 10.0. The third-order valence-electron chi connectivity index (χ3n) is 3.79. The molecule has 0 radical (unpaired) electrons. The second-order valence-electron chi connectivity index (χ2n) is 6.22. The maximum absolute atomic E-state index is 11.3. The molecule has 0 N–H and O–H groups in total. The van der Waals surface area contributed by atoms with Gasteiger partial charge in [-0.05, 0) is 36.5 Å². The van der Waals surface area contributed by atoms with Crippen LogP contribution in [0.25, 0.3) is 6.08 Å². The minimum Gasteiger partial charge on any atom is -0.421 e. The van der Waals surface area contributed by atoms with Crippen molar-refractivity contribution in [3.63, 3.8) is 0 Å². The van der Waals surface area contributed by atoms with Crippen molar-refractivity contribution in [3.05, 3.63) is 41.0 Å². The topological polar surface area (TPSA) is 52.6 Å². The van der Waals surface area contributed by atoms with Gasteiger partial charge in [-0.3, -0.25) is 9.59 Å². The summed E-state index contributed by atoms with van der Waals surface area (Å²) >= 11 is 0. The normalized spacial score (nSPS) is 11.5. The van der Waals surface area contributed by atoms with Crippen molar-refractivity contribution in [2.24, 2.45) is 0 Å². The van der Waals surface area contributed by atoms with Crippen LogP contribution >= 0.6 is 0 Å². The number of esters is 2. The van der Waals surface area contributed by atoms with Gasteiger partial charge in [-0.25, -0.2) is 0 Å². The maximum atomic E-state index is 11.3. The molecule has 0 aromatic heterocycles. The molecule has 25 heavy (non-hydrogen) atoms. The monoisotopic (exact) mass is 346 g/mol. The molecule has 0 amide bonds. The molecule has 0 aliphatic carbocycles. The standard InChI is InChI=1S/C21H30O4/c1-5-7-8-10-18-11-13-19(14-12-18)15-20(9-6-2)21(24-16(3)22)25-17(4)23/h11-15,21H,5-10H2,1-4H3. The summed E-state index contributed by atoms with van der Waals surface area (Å²) in [6.07, 6.45) is 7.28. The Hall–Kier alpha value is -2.10. The van der Waals surface area contributed by atoms with Crippen LogP contribution in [0.4, 0.5) is 0 Å². The molecule has 0 saturated heterocycles. The van der Waals surface area contributed by atoms with Crippen LogP contribution in [0.15, 0.2) is 29.8 Å². The minimum atomic E-state index is -0.959. The smallest absolute Gasteiger partial charge is 0.305 e. The van der Waals surface area contributed by atoms with E-state index in [1.807, 2.05) is 13.0 Å². The molecule has 0 atom stereocenters. The van der Waals surface area contributed by atoms with Gasteiger partial charge in [0, 0.05) is 19.4 Å². The Morgan fingerprint density at radius 2 is 1.56 bits per heavy atom. The predicted molar refractivity (Wildman–Crippen MR) is 99.9 cm³/mol. The van der Waals surface area contributed by atoms with Gasteiger partial charge in [0.25, 0.3) is 6.29 Å². The number of carbonyl (C=O) groups excluding carboxylic acids is 2. The van der Waals surface area contributed by atoms with Gasteiger partial charge in [-0.1, -0.05) is 57.4 Å². The van der Waals surface area contributed by atoms with E-state index in [0.717, 1.165) is 24.0 Å². The van der Waals surface area contributed by atoms with Crippen LogP contribution in [-0.4, -0.2) is 18.2 Å². The van der Waals surface area contributed by atoms with Crippen molar-refractivity contribution in [1.82, 2.24) is 0 Å². The lowest BCUT2D eigenvalue weighted by Crippen LogP contribution is -2.24. The number of rotatable bonds is 10. The molecule has 0 aliphatic heterocycles. The van der Waals surface area contributed by atoms with Gasteiger partial charge in [0.1, 0.15) is 0 Å². The van der Waals surface area contributed by atoms with Crippen LogP contribution in [0.5, 0.6) is 0 Å². The quantitative estimate of drug-likeness (QED) is 0.338. The first-order valence-electron chi connectivity index (χ1n) is 9.10. The SMILES string of the molecule is CCCCCc1ccc(C=C(CCC)C(OC(C)=O)OC(C)=O)cc1. The van der Waals surface area contributed by atoms with Gasteiger partial charge in [0.15, 0.2) is 0 Å². The molecular formula is C21H30O4. The molecule has 0 aliphatic rings. The highest BCUT2D eigenvalue weighted by atomic mass is 16.7. The molecule has 1 rings (SSSR count). The zero-order valence-electron chi connectivity index (χ0n) is 15.8. The highest BCUT2D eigenvalue weighted by molar-refractivity contribution is 5.69. The fourth-order valence-electron chi connectivity index (χ4n) is 2.60. The van der Waals surface area contributed by atoms with E-state index in [1.54, 1.807) is 0 Å². The van der Waals surface area contributed by atoms with Gasteiger partial charge < -0.3 is 9.47 Å². The van der Waals surface area contributed by atoms with E-state index in [4.69, 9.17) is 9.47 Å². The van der Waals surface area contributed by atoms with E-state index in [1.165, 1.54) is 38.7 Å². The summed E-state index contributed by atoms with van der Waals surface area (Å²) in [5.74, 6) is -0.945. The number of carbonyl (C=O) groups is 2. The highest BCUT2D eigenvalue weighted by Crippen LogP contribution is 2.20. The number of benzene rings is 1. The lowest BCUT2D eigenvalue weighted by molar-refractivity contribution is -0.178. The number of hydrogen-bond donors (Lipinski definition) is 0. The summed E-state index contributed by atoms with van der Waals surface area (Å²) in [6, 6.07) is 8.35. The number of unbranched alkanes of at least 4 members (excludes halogenated alkanes) is 2. The van der Waals surface area contributed by atoms with E-state index in [9.17, 15) is 9.59 Å². The Bertz CT molecular complexity index is 556. The maximum Gasteiger partial charge on any atom is 0.305 e. The first-order chi connectivity index (χ1) is 12.0. The third-order valence-corrected chi connectivity index (χ3v) is 3.79. The molecule has 0 unspecified atom stereocenters. The van der Waals surface area contributed by atoms with Crippen molar-refractivity contribution in [3.8, 4) is 0 Å². The zero-order chi connectivity index (χ0) is 18.7. The predicted octanol–water partition coefficient (Wildman–Crippen LogP) is 5.06. The fourth-order valence-corrected chi connectivity index (χ4v) is 2.60. The molecular weight excluding hydrogens is 316 g/mol. The third kappa shape index (κ3) is 8.52. The molecule has 4 nitrogen and oxygen atoms in total. The second kappa shape index (κ2) is 11.5. The second-order valence-corrected chi connectivity index (χ2v) is 6.22. The summed E-state index contributed by atoms with van der Waals surface area (Å²) in [4.78, 5) is 22.7. The molecule has 1 aromatic carbocycles. The van der Waals surface area contributed by atoms with E-state index >= 15 is 0 Å². The van der Waals surface area contributed by atoms with Crippen LogP contribution in [0.2, 0.25) is 0 Å². The van der Waals surface area contributed by atoms with E-state index in [0.29, 0.717) is 6.42 Å². The lowest BCUT2D eigenvalue weighted by Gasteiger charge is -2.19. The Labute approximate surface area is 151 Å². The van der Waals surface area contributed by atoms with Gasteiger partial charge in [0.2, 0.25) is 0 Å².